The predicted octanol–water partition coefficient (Wildman–Crippen LogP) is 0.510. The fourth-order valence-corrected chi connectivity index (χ4v) is 2.56. The van der Waals surface area contributed by atoms with E-state index in [0.717, 1.165) is 31.6 Å². The van der Waals surface area contributed by atoms with Gasteiger partial charge in [0.2, 0.25) is 0 Å². The molecular weight excluding hydrogens is 216 g/mol. The Morgan fingerprint density at radius 2 is 2.18 bits per heavy atom. The predicted molar refractivity (Wildman–Crippen MR) is 63.5 cm³/mol. The molecule has 5 nitrogen and oxygen atoms in total. The number of hydrogen-bond acceptors (Lipinski definition) is 3. The van der Waals surface area contributed by atoms with Crippen LogP contribution in [0.3, 0.4) is 0 Å². The molecule has 0 bridgehead atoms. The normalized spacial score (nSPS) is 28.5. The van der Waals surface area contributed by atoms with Crippen molar-refractivity contribution in [1.29, 1.82) is 0 Å². The second-order valence-electron chi connectivity index (χ2n) is 4.58. The van der Waals surface area contributed by atoms with Crippen molar-refractivity contribution in [1.82, 2.24) is 20.5 Å². The Morgan fingerprint density at radius 1 is 1.35 bits per heavy atom. The van der Waals surface area contributed by atoms with E-state index in [1.165, 1.54) is 0 Å². The number of nitrogens with zero attached hydrogens (tertiary/aromatic N) is 2. The zero-order valence-electron chi connectivity index (χ0n) is 9.60. The van der Waals surface area contributed by atoms with E-state index in [9.17, 15) is 4.79 Å². The molecule has 2 unspecified atom stereocenters. The van der Waals surface area contributed by atoms with Crippen molar-refractivity contribution in [3.05, 3.63) is 30.1 Å². The molecule has 0 spiro atoms. The summed E-state index contributed by atoms with van der Waals surface area (Å²) < 4.78 is 0. The molecule has 2 amide bonds. The van der Waals surface area contributed by atoms with Gasteiger partial charge >= 0.3 is 6.03 Å². The van der Waals surface area contributed by atoms with Crippen LogP contribution in [0.4, 0.5) is 4.79 Å². The number of nitrogens with one attached hydrogen (secondary N) is 2. The lowest BCUT2D eigenvalue weighted by Gasteiger charge is -2.21. The molecule has 2 aliphatic rings. The molecular formula is C12H16N4O. The molecule has 5 heteroatoms. The largest absolute Gasteiger partial charge is 0.329 e. The van der Waals surface area contributed by atoms with E-state index < -0.39 is 0 Å². The Labute approximate surface area is 100 Å². The Morgan fingerprint density at radius 3 is 2.88 bits per heavy atom. The molecule has 2 atom stereocenters. The van der Waals surface area contributed by atoms with Gasteiger partial charge in [-0.05, 0) is 30.7 Å². The first-order chi connectivity index (χ1) is 8.34. The van der Waals surface area contributed by atoms with Crippen molar-refractivity contribution in [3.8, 4) is 0 Å². The van der Waals surface area contributed by atoms with E-state index in [2.05, 4.69) is 15.6 Å². The molecule has 2 aliphatic heterocycles. The number of carbonyl (C=O) groups excluding carboxylic acids is 1. The number of carbonyl (C=O) groups is 1. The van der Waals surface area contributed by atoms with Gasteiger partial charge in [-0.3, -0.25) is 4.98 Å². The summed E-state index contributed by atoms with van der Waals surface area (Å²) in [6.07, 6.45) is 4.58. The van der Waals surface area contributed by atoms with Gasteiger partial charge in [-0.15, -0.1) is 0 Å². The van der Waals surface area contributed by atoms with Gasteiger partial charge in [-0.2, -0.15) is 0 Å². The molecule has 0 aromatic carbocycles. The van der Waals surface area contributed by atoms with E-state index in [1.54, 1.807) is 12.4 Å². The SMILES string of the molecule is O=C1NC(c2ccncc2)CN1C1CCNC1. The van der Waals surface area contributed by atoms with Crippen LogP contribution in [0.1, 0.15) is 18.0 Å². The average Bonchev–Trinajstić information content (AvgIpc) is 2.99. The number of rotatable bonds is 2. The van der Waals surface area contributed by atoms with Crippen LogP contribution in [0.25, 0.3) is 0 Å². The molecule has 2 N–H and O–H groups in total. The van der Waals surface area contributed by atoms with E-state index in [-0.39, 0.29) is 12.1 Å². The maximum atomic E-state index is 11.9. The third-order valence-electron chi connectivity index (χ3n) is 3.52. The summed E-state index contributed by atoms with van der Waals surface area (Å²) >= 11 is 0. The lowest BCUT2D eigenvalue weighted by molar-refractivity contribution is 0.201. The zero-order chi connectivity index (χ0) is 11.7. The Balaban J connectivity index is 1.73. The van der Waals surface area contributed by atoms with Crippen LogP contribution in [-0.4, -0.2) is 41.6 Å². The number of aromatic nitrogens is 1. The minimum atomic E-state index is 0.0560. The highest BCUT2D eigenvalue weighted by atomic mass is 16.2. The van der Waals surface area contributed by atoms with Crippen LogP contribution >= 0.6 is 0 Å². The van der Waals surface area contributed by atoms with Gasteiger partial charge in [0.1, 0.15) is 0 Å². The molecule has 1 aromatic heterocycles. The molecule has 2 fully saturated rings. The summed E-state index contributed by atoms with van der Waals surface area (Å²) in [6, 6.07) is 4.43. The summed E-state index contributed by atoms with van der Waals surface area (Å²) in [4.78, 5) is 17.9. The minimum absolute atomic E-state index is 0.0560. The summed E-state index contributed by atoms with van der Waals surface area (Å²) in [5.74, 6) is 0. The van der Waals surface area contributed by atoms with Crippen LogP contribution in [0.2, 0.25) is 0 Å². The van der Waals surface area contributed by atoms with Gasteiger partial charge < -0.3 is 15.5 Å². The van der Waals surface area contributed by atoms with Crippen molar-refractivity contribution in [2.45, 2.75) is 18.5 Å². The Bertz CT molecular complexity index is 402. The van der Waals surface area contributed by atoms with E-state index >= 15 is 0 Å². The number of hydrogen-bond donors (Lipinski definition) is 2. The van der Waals surface area contributed by atoms with Gasteiger partial charge in [0.15, 0.2) is 0 Å². The lowest BCUT2D eigenvalue weighted by atomic mass is 10.1. The van der Waals surface area contributed by atoms with Gasteiger partial charge in [-0.25, -0.2) is 4.79 Å². The summed E-state index contributed by atoms with van der Waals surface area (Å²) in [6.45, 7) is 2.68. The average molecular weight is 232 g/mol. The smallest absolute Gasteiger partial charge is 0.318 e. The van der Waals surface area contributed by atoms with Crippen molar-refractivity contribution in [2.75, 3.05) is 19.6 Å². The lowest BCUT2D eigenvalue weighted by Crippen LogP contribution is -2.39. The van der Waals surface area contributed by atoms with Crippen LogP contribution in [0.15, 0.2) is 24.5 Å². The van der Waals surface area contributed by atoms with E-state index in [1.807, 2.05) is 17.0 Å². The Hall–Kier alpha value is -1.62. The first kappa shape index (κ1) is 10.5. The van der Waals surface area contributed by atoms with E-state index in [4.69, 9.17) is 0 Å². The Kier molecular flexibility index (Phi) is 2.68. The van der Waals surface area contributed by atoms with Gasteiger partial charge in [0.05, 0.1) is 6.04 Å². The summed E-state index contributed by atoms with van der Waals surface area (Å²) in [7, 11) is 0. The van der Waals surface area contributed by atoms with E-state index in [0.29, 0.717) is 6.04 Å². The van der Waals surface area contributed by atoms with Crippen molar-refractivity contribution in [2.24, 2.45) is 0 Å². The molecule has 3 rings (SSSR count). The number of pyridine rings is 1. The maximum absolute atomic E-state index is 11.9. The first-order valence-electron chi connectivity index (χ1n) is 6.02. The highest BCUT2D eigenvalue weighted by Gasteiger charge is 2.35. The monoisotopic (exact) mass is 232 g/mol. The molecule has 2 saturated heterocycles. The van der Waals surface area contributed by atoms with Crippen molar-refractivity contribution < 1.29 is 4.79 Å². The zero-order valence-corrected chi connectivity index (χ0v) is 9.60. The quantitative estimate of drug-likeness (QED) is 0.781. The third kappa shape index (κ3) is 1.98. The third-order valence-corrected chi connectivity index (χ3v) is 3.52. The summed E-state index contributed by atoms with van der Waals surface area (Å²) in [5.41, 5.74) is 1.13. The fraction of sp³-hybridized carbons (Fsp3) is 0.500. The van der Waals surface area contributed by atoms with Crippen molar-refractivity contribution >= 4 is 6.03 Å². The molecule has 3 heterocycles. The second-order valence-corrected chi connectivity index (χ2v) is 4.58. The topological polar surface area (TPSA) is 57.3 Å². The molecule has 0 radical (unpaired) electrons. The summed E-state index contributed by atoms with van der Waals surface area (Å²) in [5, 5.41) is 6.32. The second kappa shape index (κ2) is 4.33. The van der Waals surface area contributed by atoms with Crippen LogP contribution in [0, 0.1) is 0 Å². The fourth-order valence-electron chi connectivity index (χ4n) is 2.56. The van der Waals surface area contributed by atoms with Crippen LogP contribution < -0.4 is 10.6 Å². The molecule has 0 saturated carbocycles. The van der Waals surface area contributed by atoms with Gasteiger partial charge in [0, 0.05) is 31.5 Å². The highest BCUT2D eigenvalue weighted by Crippen LogP contribution is 2.23. The van der Waals surface area contributed by atoms with Crippen molar-refractivity contribution in [3.63, 3.8) is 0 Å². The first-order valence-corrected chi connectivity index (χ1v) is 6.02. The molecule has 0 aliphatic carbocycles. The maximum Gasteiger partial charge on any atom is 0.318 e. The molecule has 1 aromatic rings. The highest BCUT2D eigenvalue weighted by molar-refractivity contribution is 5.77. The van der Waals surface area contributed by atoms with Gasteiger partial charge in [-0.1, -0.05) is 0 Å². The number of urea groups is 1. The standard InChI is InChI=1S/C12H16N4O/c17-12-15-11(9-1-4-13-5-2-9)8-16(12)10-3-6-14-7-10/h1-2,4-5,10-11,14H,3,6-8H2,(H,15,17). The minimum Gasteiger partial charge on any atom is -0.329 e. The molecule has 17 heavy (non-hydrogen) atoms. The van der Waals surface area contributed by atoms with Gasteiger partial charge in [0.25, 0.3) is 0 Å². The van der Waals surface area contributed by atoms with Crippen LogP contribution in [-0.2, 0) is 0 Å². The number of amides is 2. The molecule has 90 valence electrons. The van der Waals surface area contributed by atoms with Crippen LogP contribution in [0.5, 0.6) is 0 Å².